The van der Waals surface area contributed by atoms with Crippen LogP contribution < -0.4 is 9.96 Å². The summed E-state index contributed by atoms with van der Waals surface area (Å²) in [4.78, 5) is 15.9. The van der Waals surface area contributed by atoms with Gasteiger partial charge in [-0.15, -0.1) is 4.40 Å². The summed E-state index contributed by atoms with van der Waals surface area (Å²) < 4.78 is 2.05. The molecule has 0 bridgehead atoms. The smallest absolute Gasteiger partial charge is 0.311 e. The Morgan fingerprint density at radius 3 is 1.96 bits per heavy atom. The summed E-state index contributed by atoms with van der Waals surface area (Å²) in [6.07, 6.45) is 0. The number of hydrogen-bond donors (Lipinski definition) is 1. The number of nitrogens with zero attached hydrogens (tertiary/aromatic N) is 1. The summed E-state index contributed by atoms with van der Waals surface area (Å²) in [6, 6.07) is 32.4. The Morgan fingerprint density at radius 1 is 0.593 bits per heavy atom. The van der Waals surface area contributed by atoms with E-state index in [1.54, 1.807) is 0 Å². The van der Waals surface area contributed by atoms with Gasteiger partial charge in [0.2, 0.25) is 11.2 Å². The summed E-state index contributed by atoms with van der Waals surface area (Å²) in [5.74, 6) is 0. The van der Waals surface area contributed by atoms with Crippen molar-refractivity contribution in [3.63, 3.8) is 0 Å². The first-order valence-corrected chi connectivity index (χ1v) is 8.93. The normalized spacial score (nSPS) is 11.1. The molecule has 3 aromatic carbocycles. The summed E-state index contributed by atoms with van der Waals surface area (Å²) in [5, 5.41) is 0. The monoisotopic (exact) mass is 349 g/mol. The molecule has 0 aliphatic heterocycles. The molecular formula is C24H17N2O+. The molecule has 5 aromatic rings. The lowest BCUT2D eigenvalue weighted by molar-refractivity contribution is -0.470. The summed E-state index contributed by atoms with van der Waals surface area (Å²) in [7, 11) is 0. The first-order chi connectivity index (χ1) is 13.3. The highest BCUT2D eigenvalue weighted by Gasteiger charge is 2.21. The fourth-order valence-corrected chi connectivity index (χ4v) is 3.60. The first-order valence-electron chi connectivity index (χ1n) is 8.93. The van der Waals surface area contributed by atoms with Crippen molar-refractivity contribution in [1.29, 1.82) is 0 Å². The van der Waals surface area contributed by atoms with E-state index in [4.69, 9.17) is 0 Å². The van der Waals surface area contributed by atoms with Crippen LogP contribution in [0.2, 0.25) is 0 Å². The van der Waals surface area contributed by atoms with Crippen LogP contribution in [0.1, 0.15) is 0 Å². The topological polar surface area (TPSA) is 37.0 Å². The van der Waals surface area contributed by atoms with Gasteiger partial charge in [-0.05, 0) is 29.3 Å². The predicted octanol–water partition coefficient (Wildman–Crippen LogP) is 4.60. The standard InChI is InChI=1S/C24H16N2O/c27-24-23-16-19(17-9-3-1-4-10-17)15-22(18-11-5-2-6-12-18)26(23)21-14-8-7-13-20(21)25-24/h1-16H/p+1. The Morgan fingerprint density at radius 2 is 1.22 bits per heavy atom. The third kappa shape index (κ3) is 2.61. The van der Waals surface area contributed by atoms with Crippen molar-refractivity contribution in [1.82, 2.24) is 4.98 Å². The molecule has 0 amide bonds. The molecule has 0 radical (unpaired) electrons. The molecule has 5 rings (SSSR count). The van der Waals surface area contributed by atoms with Gasteiger partial charge in [-0.2, -0.15) is 0 Å². The van der Waals surface area contributed by atoms with Gasteiger partial charge in [0.1, 0.15) is 5.52 Å². The molecule has 2 aromatic heterocycles. The van der Waals surface area contributed by atoms with E-state index in [2.05, 4.69) is 39.7 Å². The van der Waals surface area contributed by atoms with Crippen LogP contribution in [0.15, 0.2) is 102 Å². The van der Waals surface area contributed by atoms with Crippen LogP contribution in [-0.2, 0) is 0 Å². The van der Waals surface area contributed by atoms with Gasteiger partial charge in [0, 0.05) is 23.8 Å². The van der Waals surface area contributed by atoms with E-state index in [1.807, 2.05) is 66.7 Å². The van der Waals surface area contributed by atoms with E-state index in [0.717, 1.165) is 33.4 Å². The van der Waals surface area contributed by atoms with E-state index in [-0.39, 0.29) is 5.56 Å². The maximum absolute atomic E-state index is 12.9. The minimum Gasteiger partial charge on any atom is -0.311 e. The molecule has 0 saturated heterocycles. The van der Waals surface area contributed by atoms with Crippen LogP contribution in [0.25, 0.3) is 38.9 Å². The average Bonchev–Trinajstić information content (AvgIpc) is 2.74. The fraction of sp³-hybridized carbons (Fsp3) is 0. The van der Waals surface area contributed by atoms with Crippen LogP contribution in [0.5, 0.6) is 0 Å². The number of benzene rings is 3. The predicted molar refractivity (Wildman–Crippen MR) is 109 cm³/mol. The third-order valence-corrected chi connectivity index (χ3v) is 4.87. The number of hydrogen-bond acceptors (Lipinski definition) is 1. The zero-order valence-corrected chi connectivity index (χ0v) is 14.6. The quantitative estimate of drug-likeness (QED) is 0.367. The molecule has 0 fully saturated rings. The van der Waals surface area contributed by atoms with Crippen LogP contribution in [0.4, 0.5) is 0 Å². The molecule has 0 aliphatic rings. The number of nitrogens with one attached hydrogen (secondary N) is 1. The second-order valence-corrected chi connectivity index (χ2v) is 6.55. The van der Waals surface area contributed by atoms with Crippen molar-refractivity contribution in [2.75, 3.05) is 0 Å². The minimum absolute atomic E-state index is 0.0938. The van der Waals surface area contributed by atoms with Crippen LogP contribution in [-0.4, -0.2) is 4.98 Å². The molecular weight excluding hydrogens is 332 g/mol. The lowest BCUT2D eigenvalue weighted by atomic mass is 10.0. The Bertz CT molecular complexity index is 1320. The second kappa shape index (κ2) is 6.22. The number of pyridine rings is 1. The lowest BCUT2D eigenvalue weighted by Crippen LogP contribution is -2.33. The molecule has 3 nitrogen and oxygen atoms in total. The molecule has 2 heterocycles. The number of fused-ring (bicyclic) bond motifs is 3. The van der Waals surface area contributed by atoms with E-state index in [0.29, 0.717) is 5.52 Å². The highest BCUT2D eigenvalue weighted by atomic mass is 16.1. The molecule has 27 heavy (non-hydrogen) atoms. The zero-order chi connectivity index (χ0) is 18.2. The maximum Gasteiger partial charge on any atom is 0.321 e. The molecule has 0 atom stereocenters. The van der Waals surface area contributed by atoms with E-state index >= 15 is 0 Å². The number of para-hydroxylation sites is 2. The summed E-state index contributed by atoms with van der Waals surface area (Å²) >= 11 is 0. The molecule has 0 spiro atoms. The van der Waals surface area contributed by atoms with Crippen molar-refractivity contribution in [2.45, 2.75) is 0 Å². The zero-order valence-electron chi connectivity index (χ0n) is 14.6. The largest absolute Gasteiger partial charge is 0.321 e. The van der Waals surface area contributed by atoms with Gasteiger partial charge in [-0.3, -0.25) is 4.79 Å². The molecule has 0 unspecified atom stereocenters. The lowest BCUT2D eigenvalue weighted by Gasteiger charge is -2.07. The van der Waals surface area contributed by atoms with E-state index in [1.165, 1.54) is 0 Å². The molecule has 0 aliphatic carbocycles. The van der Waals surface area contributed by atoms with E-state index < -0.39 is 0 Å². The first kappa shape index (κ1) is 15.5. The number of rotatable bonds is 2. The Hall–Kier alpha value is -3.72. The highest BCUT2D eigenvalue weighted by molar-refractivity contribution is 5.77. The highest BCUT2D eigenvalue weighted by Crippen LogP contribution is 2.25. The van der Waals surface area contributed by atoms with Crippen LogP contribution >= 0.6 is 0 Å². The number of H-pyrrole nitrogens is 1. The van der Waals surface area contributed by atoms with Crippen LogP contribution in [0, 0.1) is 0 Å². The second-order valence-electron chi connectivity index (χ2n) is 6.55. The van der Waals surface area contributed by atoms with Gasteiger partial charge < -0.3 is 4.98 Å². The van der Waals surface area contributed by atoms with Crippen molar-refractivity contribution >= 4 is 16.6 Å². The Balaban J connectivity index is 1.97. The number of aromatic amines is 1. The van der Waals surface area contributed by atoms with Crippen molar-refractivity contribution in [3.8, 4) is 22.4 Å². The SMILES string of the molecule is O=c1[nH]c2ccccc2[n+]2c(-c3ccccc3)cc(-c3ccccc3)cc12. The molecule has 1 N–H and O–H groups in total. The number of aromatic nitrogens is 2. The van der Waals surface area contributed by atoms with Crippen molar-refractivity contribution in [2.24, 2.45) is 0 Å². The molecule has 3 heteroatoms. The van der Waals surface area contributed by atoms with E-state index in [9.17, 15) is 4.79 Å². The van der Waals surface area contributed by atoms with Gasteiger partial charge in [-0.1, -0.05) is 60.7 Å². The minimum atomic E-state index is -0.0938. The maximum atomic E-state index is 12.9. The summed E-state index contributed by atoms with van der Waals surface area (Å²) in [5.41, 5.74) is 6.52. The average molecular weight is 349 g/mol. The van der Waals surface area contributed by atoms with Gasteiger partial charge in [-0.25, -0.2) is 0 Å². The fourth-order valence-electron chi connectivity index (χ4n) is 3.60. The summed E-state index contributed by atoms with van der Waals surface area (Å²) in [6.45, 7) is 0. The van der Waals surface area contributed by atoms with Gasteiger partial charge in [0.25, 0.3) is 5.52 Å². The molecule has 0 saturated carbocycles. The van der Waals surface area contributed by atoms with Gasteiger partial charge in [0.15, 0.2) is 0 Å². The van der Waals surface area contributed by atoms with Crippen molar-refractivity contribution in [3.05, 3.63) is 107 Å². The van der Waals surface area contributed by atoms with Crippen LogP contribution in [0.3, 0.4) is 0 Å². The van der Waals surface area contributed by atoms with Crippen molar-refractivity contribution < 1.29 is 4.40 Å². The van der Waals surface area contributed by atoms with Gasteiger partial charge in [0.05, 0.1) is 0 Å². The Labute approximate surface area is 156 Å². The Kier molecular flexibility index (Phi) is 3.58. The van der Waals surface area contributed by atoms with Gasteiger partial charge >= 0.3 is 5.56 Å². The molecule has 128 valence electrons. The third-order valence-electron chi connectivity index (χ3n) is 4.87.